The summed E-state index contributed by atoms with van der Waals surface area (Å²) in [6.07, 6.45) is 3.79. The maximum Gasteiger partial charge on any atom is 0.251 e. The Labute approximate surface area is 145 Å². The van der Waals surface area contributed by atoms with E-state index in [1.807, 2.05) is 31.2 Å². The molecule has 6 nitrogen and oxygen atoms in total. The van der Waals surface area contributed by atoms with Crippen LogP contribution in [0.3, 0.4) is 0 Å². The van der Waals surface area contributed by atoms with Gasteiger partial charge in [0, 0.05) is 36.5 Å². The predicted octanol–water partition coefficient (Wildman–Crippen LogP) is 3.03. The first-order chi connectivity index (χ1) is 12.2. The van der Waals surface area contributed by atoms with Crippen LogP contribution in [0.5, 0.6) is 5.75 Å². The lowest BCUT2D eigenvalue weighted by Gasteiger charge is -2.03. The first-order valence-electron chi connectivity index (χ1n) is 7.96. The molecule has 2 aromatic heterocycles. The number of aromatic nitrogens is 2. The van der Waals surface area contributed by atoms with Gasteiger partial charge in [-0.05, 0) is 43.3 Å². The van der Waals surface area contributed by atoms with E-state index in [-0.39, 0.29) is 5.91 Å². The lowest BCUT2D eigenvalue weighted by Crippen LogP contribution is -2.25. The second kappa shape index (κ2) is 7.61. The van der Waals surface area contributed by atoms with Gasteiger partial charge in [-0.15, -0.1) is 0 Å². The van der Waals surface area contributed by atoms with Crippen molar-refractivity contribution >= 4 is 5.91 Å². The number of hydrogen-bond donors (Lipinski definition) is 1. The summed E-state index contributed by atoms with van der Waals surface area (Å²) in [5.41, 5.74) is 2.31. The van der Waals surface area contributed by atoms with Crippen molar-refractivity contribution in [3.05, 3.63) is 65.8 Å². The Hall–Kier alpha value is -3.15. The van der Waals surface area contributed by atoms with E-state index in [9.17, 15) is 4.79 Å². The molecule has 1 amide bonds. The smallest absolute Gasteiger partial charge is 0.251 e. The minimum absolute atomic E-state index is 0.126. The number of aryl methyl sites for hydroxylation is 1. The second-order valence-electron chi connectivity index (χ2n) is 5.49. The zero-order valence-corrected chi connectivity index (χ0v) is 14.2. The molecule has 0 atom stereocenters. The summed E-state index contributed by atoms with van der Waals surface area (Å²) in [5.74, 6) is 1.98. The van der Waals surface area contributed by atoms with Crippen LogP contribution in [0.25, 0.3) is 11.5 Å². The molecule has 0 bridgehead atoms. The Morgan fingerprint density at radius 3 is 2.56 bits per heavy atom. The Morgan fingerprint density at radius 1 is 1.16 bits per heavy atom. The minimum Gasteiger partial charge on any atom is -0.497 e. The molecule has 0 aliphatic heterocycles. The van der Waals surface area contributed by atoms with Crippen molar-refractivity contribution < 1.29 is 13.9 Å². The predicted molar refractivity (Wildman–Crippen MR) is 93.5 cm³/mol. The zero-order valence-electron chi connectivity index (χ0n) is 14.2. The molecule has 0 radical (unpaired) electrons. The number of rotatable bonds is 6. The quantitative estimate of drug-likeness (QED) is 0.748. The van der Waals surface area contributed by atoms with Crippen LogP contribution < -0.4 is 10.1 Å². The molecular formula is C19H19N3O3. The van der Waals surface area contributed by atoms with E-state index < -0.39 is 0 Å². The van der Waals surface area contributed by atoms with Crippen molar-refractivity contribution in [3.8, 4) is 17.2 Å². The fraction of sp³-hybridized carbons (Fsp3) is 0.211. The summed E-state index contributed by atoms with van der Waals surface area (Å²) < 4.78 is 10.9. The second-order valence-corrected chi connectivity index (χ2v) is 5.49. The van der Waals surface area contributed by atoms with Crippen molar-refractivity contribution in [2.75, 3.05) is 13.7 Å². The Balaban J connectivity index is 1.61. The summed E-state index contributed by atoms with van der Waals surface area (Å²) in [6, 6.07) is 10.9. The van der Waals surface area contributed by atoms with Crippen molar-refractivity contribution in [3.63, 3.8) is 0 Å². The number of methoxy groups -OCH3 is 1. The molecule has 0 unspecified atom stereocenters. The largest absolute Gasteiger partial charge is 0.497 e. The molecule has 2 heterocycles. The van der Waals surface area contributed by atoms with Crippen LogP contribution in [-0.2, 0) is 6.42 Å². The number of carbonyl (C=O) groups excluding carboxylic acids is 1. The first kappa shape index (κ1) is 16.7. The molecule has 3 aromatic rings. The Kier molecular flexibility index (Phi) is 5.09. The fourth-order valence-electron chi connectivity index (χ4n) is 2.42. The highest BCUT2D eigenvalue weighted by molar-refractivity contribution is 5.93. The summed E-state index contributed by atoms with van der Waals surface area (Å²) in [5, 5.41) is 2.87. The zero-order chi connectivity index (χ0) is 17.6. The summed E-state index contributed by atoms with van der Waals surface area (Å²) >= 11 is 0. The first-order valence-corrected chi connectivity index (χ1v) is 7.96. The van der Waals surface area contributed by atoms with Crippen LogP contribution in [0.1, 0.15) is 21.8 Å². The van der Waals surface area contributed by atoms with Crippen LogP contribution >= 0.6 is 0 Å². The minimum atomic E-state index is -0.126. The van der Waals surface area contributed by atoms with Gasteiger partial charge in [0.05, 0.1) is 12.8 Å². The van der Waals surface area contributed by atoms with Gasteiger partial charge in [-0.3, -0.25) is 9.78 Å². The van der Waals surface area contributed by atoms with Gasteiger partial charge in [0.1, 0.15) is 11.5 Å². The highest BCUT2D eigenvalue weighted by atomic mass is 16.5. The topological polar surface area (TPSA) is 77.2 Å². The molecule has 0 spiro atoms. The SMILES string of the molecule is COc1ccc(-c2nc(CCNC(=O)c3ccncc3)c(C)o2)cc1. The molecule has 1 aromatic carbocycles. The van der Waals surface area contributed by atoms with Gasteiger partial charge in [0.25, 0.3) is 5.91 Å². The maximum atomic E-state index is 12.0. The van der Waals surface area contributed by atoms with Crippen molar-refractivity contribution in [2.45, 2.75) is 13.3 Å². The third-order valence-electron chi connectivity index (χ3n) is 3.82. The molecule has 3 rings (SSSR count). The van der Waals surface area contributed by atoms with Crippen molar-refractivity contribution in [1.82, 2.24) is 15.3 Å². The van der Waals surface area contributed by atoms with E-state index in [0.717, 1.165) is 22.8 Å². The monoisotopic (exact) mass is 337 g/mol. The van der Waals surface area contributed by atoms with Crippen molar-refractivity contribution in [1.29, 1.82) is 0 Å². The average Bonchev–Trinajstić information content (AvgIpc) is 3.03. The van der Waals surface area contributed by atoms with E-state index in [0.29, 0.717) is 24.4 Å². The summed E-state index contributed by atoms with van der Waals surface area (Å²) in [7, 11) is 1.63. The number of pyridine rings is 1. The Bertz CT molecular complexity index is 842. The number of carbonyl (C=O) groups is 1. The van der Waals surface area contributed by atoms with Crippen LogP contribution in [0.4, 0.5) is 0 Å². The molecule has 128 valence electrons. The van der Waals surface area contributed by atoms with Gasteiger partial charge < -0.3 is 14.5 Å². The van der Waals surface area contributed by atoms with E-state index in [4.69, 9.17) is 9.15 Å². The van der Waals surface area contributed by atoms with Gasteiger partial charge in [0.15, 0.2) is 0 Å². The van der Waals surface area contributed by atoms with E-state index in [1.54, 1.807) is 31.6 Å². The number of nitrogens with zero attached hydrogens (tertiary/aromatic N) is 2. The molecule has 1 N–H and O–H groups in total. The lowest BCUT2D eigenvalue weighted by atomic mass is 10.2. The van der Waals surface area contributed by atoms with Gasteiger partial charge in [-0.25, -0.2) is 4.98 Å². The third-order valence-corrected chi connectivity index (χ3v) is 3.82. The number of oxazole rings is 1. The molecule has 0 fully saturated rings. The van der Waals surface area contributed by atoms with Crippen LogP contribution in [0.2, 0.25) is 0 Å². The number of nitrogens with one attached hydrogen (secondary N) is 1. The summed E-state index contributed by atoms with van der Waals surface area (Å²) in [6.45, 7) is 2.36. The number of benzene rings is 1. The average molecular weight is 337 g/mol. The van der Waals surface area contributed by atoms with E-state index in [2.05, 4.69) is 15.3 Å². The number of hydrogen-bond acceptors (Lipinski definition) is 5. The van der Waals surface area contributed by atoms with Gasteiger partial charge >= 0.3 is 0 Å². The molecule has 25 heavy (non-hydrogen) atoms. The molecule has 0 aliphatic rings. The highest BCUT2D eigenvalue weighted by Crippen LogP contribution is 2.24. The highest BCUT2D eigenvalue weighted by Gasteiger charge is 2.12. The molecule has 0 saturated heterocycles. The van der Waals surface area contributed by atoms with Gasteiger partial charge in [0.2, 0.25) is 5.89 Å². The number of ether oxygens (including phenoxy) is 1. The normalized spacial score (nSPS) is 10.5. The van der Waals surface area contributed by atoms with Crippen molar-refractivity contribution in [2.24, 2.45) is 0 Å². The summed E-state index contributed by atoms with van der Waals surface area (Å²) in [4.78, 5) is 20.4. The van der Waals surface area contributed by atoms with Crippen LogP contribution in [0, 0.1) is 6.92 Å². The van der Waals surface area contributed by atoms with Crippen LogP contribution in [-0.4, -0.2) is 29.5 Å². The molecule has 6 heteroatoms. The lowest BCUT2D eigenvalue weighted by molar-refractivity contribution is 0.0954. The fourth-order valence-corrected chi connectivity index (χ4v) is 2.42. The van der Waals surface area contributed by atoms with Gasteiger partial charge in [-0.1, -0.05) is 0 Å². The maximum absolute atomic E-state index is 12.0. The number of amides is 1. The molecule has 0 saturated carbocycles. The molecule has 0 aliphatic carbocycles. The van der Waals surface area contributed by atoms with E-state index in [1.165, 1.54) is 0 Å². The Morgan fingerprint density at radius 2 is 1.88 bits per heavy atom. The van der Waals surface area contributed by atoms with Crippen LogP contribution in [0.15, 0.2) is 53.2 Å². The van der Waals surface area contributed by atoms with E-state index >= 15 is 0 Å². The standard InChI is InChI=1S/C19H19N3O3/c1-13-17(9-12-21-18(23)14-7-10-20-11-8-14)22-19(25-13)15-3-5-16(24-2)6-4-15/h3-8,10-11H,9,12H2,1-2H3,(H,21,23). The molecular weight excluding hydrogens is 318 g/mol. The van der Waals surface area contributed by atoms with Gasteiger partial charge in [-0.2, -0.15) is 0 Å². The third kappa shape index (κ3) is 4.03.